The summed E-state index contributed by atoms with van der Waals surface area (Å²) in [6, 6.07) is 4.30. The number of thioether (sulfide) groups is 1. The van der Waals surface area contributed by atoms with Crippen molar-refractivity contribution in [3.63, 3.8) is 0 Å². The summed E-state index contributed by atoms with van der Waals surface area (Å²) in [4.78, 5) is 4.50. The van der Waals surface area contributed by atoms with Crippen LogP contribution < -0.4 is 5.32 Å². The van der Waals surface area contributed by atoms with Crippen molar-refractivity contribution in [1.29, 1.82) is 0 Å². The van der Waals surface area contributed by atoms with Gasteiger partial charge in [0.2, 0.25) is 0 Å². The van der Waals surface area contributed by atoms with Gasteiger partial charge in [0, 0.05) is 18.3 Å². The quantitative estimate of drug-likeness (QED) is 0.784. The first-order valence-corrected chi connectivity index (χ1v) is 7.68. The smallest absolute Gasteiger partial charge is 0.0960 e. The second kappa shape index (κ2) is 7.15. The molecule has 1 rings (SSSR count). The van der Waals surface area contributed by atoms with E-state index in [1.165, 1.54) is 12.0 Å². The van der Waals surface area contributed by atoms with E-state index in [4.69, 9.17) is 0 Å². The van der Waals surface area contributed by atoms with Gasteiger partial charge in [0.25, 0.3) is 0 Å². The topological polar surface area (TPSA) is 24.9 Å². The van der Waals surface area contributed by atoms with E-state index in [0.717, 1.165) is 23.2 Å². The Kier molecular flexibility index (Phi) is 6.16. The zero-order valence-electron chi connectivity index (χ0n) is 12.3. The SMILES string of the molecule is CC(C)CCSc1ccc(CNC(C)(C)C)cn1. The Hall–Kier alpha value is -0.540. The number of nitrogens with one attached hydrogen (secondary N) is 1. The van der Waals surface area contributed by atoms with Gasteiger partial charge in [-0.1, -0.05) is 19.9 Å². The molecule has 1 N–H and O–H groups in total. The summed E-state index contributed by atoms with van der Waals surface area (Å²) in [7, 11) is 0. The molecule has 102 valence electrons. The molecule has 3 heteroatoms. The van der Waals surface area contributed by atoms with E-state index in [9.17, 15) is 0 Å². The molecule has 0 aliphatic heterocycles. The number of pyridine rings is 1. The maximum Gasteiger partial charge on any atom is 0.0960 e. The van der Waals surface area contributed by atoms with Gasteiger partial charge in [0.05, 0.1) is 5.03 Å². The molecule has 0 bridgehead atoms. The van der Waals surface area contributed by atoms with Crippen molar-refractivity contribution in [2.24, 2.45) is 5.92 Å². The number of rotatable bonds is 6. The number of hydrogen-bond acceptors (Lipinski definition) is 3. The first-order chi connectivity index (χ1) is 8.37. The molecule has 0 fully saturated rings. The van der Waals surface area contributed by atoms with Gasteiger partial charge in [-0.05, 0) is 50.5 Å². The Morgan fingerprint density at radius 3 is 2.50 bits per heavy atom. The highest BCUT2D eigenvalue weighted by Gasteiger charge is 2.08. The predicted octanol–water partition coefficient (Wildman–Crippen LogP) is 4.11. The van der Waals surface area contributed by atoms with E-state index in [1.807, 2.05) is 18.0 Å². The molecule has 1 aromatic rings. The fourth-order valence-corrected chi connectivity index (χ4v) is 2.46. The van der Waals surface area contributed by atoms with Crippen LogP contribution in [0.1, 0.15) is 46.6 Å². The first-order valence-electron chi connectivity index (χ1n) is 6.69. The minimum Gasteiger partial charge on any atom is -0.308 e. The second-order valence-corrected chi connectivity index (χ2v) is 7.25. The molecule has 18 heavy (non-hydrogen) atoms. The third-order valence-corrected chi connectivity index (χ3v) is 3.54. The molecule has 0 amide bonds. The molecule has 0 aliphatic rings. The molecule has 0 unspecified atom stereocenters. The van der Waals surface area contributed by atoms with Gasteiger partial charge in [0.1, 0.15) is 0 Å². The van der Waals surface area contributed by atoms with Gasteiger partial charge < -0.3 is 5.32 Å². The first kappa shape index (κ1) is 15.5. The summed E-state index contributed by atoms with van der Waals surface area (Å²) in [5.74, 6) is 1.93. The molecule has 0 atom stereocenters. The predicted molar refractivity (Wildman–Crippen MR) is 81.0 cm³/mol. The number of nitrogens with zero attached hydrogens (tertiary/aromatic N) is 1. The van der Waals surface area contributed by atoms with Crippen LogP contribution in [0.3, 0.4) is 0 Å². The van der Waals surface area contributed by atoms with Gasteiger partial charge in [-0.3, -0.25) is 0 Å². The van der Waals surface area contributed by atoms with Crippen LogP contribution in [0.2, 0.25) is 0 Å². The van der Waals surface area contributed by atoms with E-state index < -0.39 is 0 Å². The lowest BCUT2D eigenvalue weighted by Gasteiger charge is -2.20. The lowest BCUT2D eigenvalue weighted by Crippen LogP contribution is -2.35. The standard InChI is InChI=1S/C15H26N2S/c1-12(2)8-9-18-14-7-6-13(10-16-14)11-17-15(3,4)5/h6-7,10,12,17H,8-9,11H2,1-5H3. The van der Waals surface area contributed by atoms with Gasteiger partial charge in [-0.2, -0.15) is 0 Å². The summed E-state index contributed by atoms with van der Waals surface area (Å²) in [6.07, 6.45) is 3.23. The Labute approximate surface area is 116 Å². The van der Waals surface area contributed by atoms with Crippen molar-refractivity contribution in [1.82, 2.24) is 10.3 Å². The van der Waals surface area contributed by atoms with Crippen LogP contribution in [0.25, 0.3) is 0 Å². The van der Waals surface area contributed by atoms with Gasteiger partial charge in [-0.25, -0.2) is 4.98 Å². The van der Waals surface area contributed by atoms with Crippen LogP contribution in [0.5, 0.6) is 0 Å². The van der Waals surface area contributed by atoms with Crippen LogP contribution >= 0.6 is 11.8 Å². The molecule has 0 radical (unpaired) electrons. The highest BCUT2D eigenvalue weighted by atomic mass is 32.2. The Morgan fingerprint density at radius 1 is 1.28 bits per heavy atom. The third-order valence-electron chi connectivity index (χ3n) is 2.57. The maximum absolute atomic E-state index is 4.50. The monoisotopic (exact) mass is 266 g/mol. The van der Waals surface area contributed by atoms with Crippen molar-refractivity contribution in [3.05, 3.63) is 23.9 Å². The molecule has 0 aliphatic carbocycles. The van der Waals surface area contributed by atoms with Crippen LogP contribution in [0.4, 0.5) is 0 Å². The summed E-state index contributed by atoms with van der Waals surface area (Å²) in [6.45, 7) is 11.9. The summed E-state index contributed by atoms with van der Waals surface area (Å²) >= 11 is 1.85. The molecule has 0 aromatic carbocycles. The molecule has 0 spiro atoms. The van der Waals surface area contributed by atoms with E-state index >= 15 is 0 Å². The normalized spacial score (nSPS) is 12.1. The van der Waals surface area contributed by atoms with E-state index in [0.29, 0.717) is 0 Å². The maximum atomic E-state index is 4.50. The van der Waals surface area contributed by atoms with E-state index in [-0.39, 0.29) is 5.54 Å². The molecule has 2 nitrogen and oxygen atoms in total. The van der Waals surface area contributed by atoms with Crippen molar-refractivity contribution < 1.29 is 0 Å². The molecule has 0 saturated heterocycles. The fraction of sp³-hybridized carbons (Fsp3) is 0.667. The lowest BCUT2D eigenvalue weighted by molar-refractivity contribution is 0.424. The van der Waals surface area contributed by atoms with Gasteiger partial charge >= 0.3 is 0 Å². The third kappa shape index (κ3) is 7.02. The highest BCUT2D eigenvalue weighted by Crippen LogP contribution is 2.18. The van der Waals surface area contributed by atoms with Crippen molar-refractivity contribution in [2.75, 3.05) is 5.75 Å². The number of aromatic nitrogens is 1. The highest BCUT2D eigenvalue weighted by molar-refractivity contribution is 7.99. The zero-order chi connectivity index (χ0) is 13.6. The molecular weight excluding hydrogens is 240 g/mol. The largest absolute Gasteiger partial charge is 0.308 e. The summed E-state index contributed by atoms with van der Waals surface area (Å²) in [5.41, 5.74) is 1.41. The molecule has 0 saturated carbocycles. The second-order valence-electron chi connectivity index (χ2n) is 6.14. The van der Waals surface area contributed by atoms with Crippen LogP contribution in [0.15, 0.2) is 23.4 Å². The van der Waals surface area contributed by atoms with Crippen molar-refractivity contribution in [3.8, 4) is 0 Å². The fourth-order valence-electron chi connectivity index (χ4n) is 1.37. The Morgan fingerprint density at radius 2 is 2.00 bits per heavy atom. The Bertz CT molecular complexity index is 339. The van der Waals surface area contributed by atoms with Crippen LogP contribution in [-0.4, -0.2) is 16.3 Å². The van der Waals surface area contributed by atoms with E-state index in [1.54, 1.807) is 0 Å². The van der Waals surface area contributed by atoms with Crippen LogP contribution in [-0.2, 0) is 6.54 Å². The average molecular weight is 266 g/mol. The van der Waals surface area contributed by atoms with Gasteiger partial charge in [0.15, 0.2) is 0 Å². The minimum atomic E-state index is 0.157. The van der Waals surface area contributed by atoms with Crippen molar-refractivity contribution in [2.45, 2.75) is 58.1 Å². The average Bonchev–Trinajstić information content (AvgIpc) is 2.26. The number of hydrogen-bond donors (Lipinski definition) is 1. The minimum absolute atomic E-state index is 0.157. The zero-order valence-corrected chi connectivity index (χ0v) is 13.1. The summed E-state index contributed by atoms with van der Waals surface area (Å²) in [5, 5.41) is 4.60. The molecule has 1 aromatic heterocycles. The molecule has 1 heterocycles. The lowest BCUT2D eigenvalue weighted by atomic mass is 10.1. The van der Waals surface area contributed by atoms with Crippen LogP contribution in [0, 0.1) is 5.92 Å². The van der Waals surface area contributed by atoms with Crippen molar-refractivity contribution >= 4 is 11.8 Å². The summed E-state index contributed by atoms with van der Waals surface area (Å²) < 4.78 is 0. The van der Waals surface area contributed by atoms with E-state index in [2.05, 4.69) is 57.1 Å². The molecular formula is C15H26N2S. The Balaban J connectivity index is 2.38. The van der Waals surface area contributed by atoms with Gasteiger partial charge in [-0.15, -0.1) is 11.8 Å².